The molecule has 0 radical (unpaired) electrons. The number of amides is 2. The highest BCUT2D eigenvalue weighted by Gasteiger charge is 2.16. The van der Waals surface area contributed by atoms with E-state index in [4.69, 9.17) is 11.6 Å². The molecule has 118 valence electrons. The first-order valence-corrected chi connectivity index (χ1v) is 7.15. The van der Waals surface area contributed by atoms with Gasteiger partial charge in [0, 0.05) is 11.6 Å². The van der Waals surface area contributed by atoms with E-state index in [2.05, 4.69) is 17.2 Å². The van der Waals surface area contributed by atoms with Crippen molar-refractivity contribution in [2.75, 3.05) is 11.9 Å². The van der Waals surface area contributed by atoms with Gasteiger partial charge < -0.3 is 10.6 Å². The van der Waals surface area contributed by atoms with Crippen molar-refractivity contribution in [2.24, 2.45) is 0 Å². The van der Waals surface area contributed by atoms with Crippen LogP contribution >= 0.6 is 11.6 Å². The SMILES string of the molecule is C=CCNC(=O)c1ccccc1NC(=O)c1ccc(Cl)cc1F. The van der Waals surface area contributed by atoms with Gasteiger partial charge in [-0.05, 0) is 30.3 Å². The summed E-state index contributed by atoms with van der Waals surface area (Å²) >= 11 is 5.66. The molecule has 0 atom stereocenters. The van der Waals surface area contributed by atoms with Crippen LogP contribution in [0.2, 0.25) is 5.02 Å². The fourth-order valence-corrected chi connectivity index (χ4v) is 2.07. The molecule has 2 aromatic carbocycles. The highest BCUT2D eigenvalue weighted by Crippen LogP contribution is 2.19. The van der Waals surface area contributed by atoms with Gasteiger partial charge in [0.05, 0.1) is 16.8 Å². The lowest BCUT2D eigenvalue weighted by Gasteiger charge is -2.11. The Morgan fingerprint density at radius 1 is 1.13 bits per heavy atom. The number of carbonyl (C=O) groups excluding carboxylic acids is 2. The second-order valence-corrected chi connectivity index (χ2v) is 5.06. The van der Waals surface area contributed by atoms with Crippen LogP contribution in [0, 0.1) is 5.82 Å². The zero-order valence-electron chi connectivity index (χ0n) is 12.1. The maximum absolute atomic E-state index is 13.8. The van der Waals surface area contributed by atoms with Gasteiger partial charge in [-0.3, -0.25) is 9.59 Å². The van der Waals surface area contributed by atoms with E-state index in [1.807, 2.05) is 0 Å². The van der Waals surface area contributed by atoms with Gasteiger partial charge in [-0.2, -0.15) is 0 Å². The first-order valence-electron chi connectivity index (χ1n) is 6.77. The largest absolute Gasteiger partial charge is 0.349 e. The van der Waals surface area contributed by atoms with Gasteiger partial charge in [-0.15, -0.1) is 6.58 Å². The minimum Gasteiger partial charge on any atom is -0.349 e. The van der Waals surface area contributed by atoms with E-state index in [0.29, 0.717) is 6.54 Å². The summed E-state index contributed by atoms with van der Waals surface area (Å²) in [5, 5.41) is 5.35. The van der Waals surface area contributed by atoms with E-state index in [1.54, 1.807) is 30.3 Å². The molecule has 0 saturated heterocycles. The molecule has 4 nitrogen and oxygen atoms in total. The van der Waals surface area contributed by atoms with Crippen LogP contribution in [0.25, 0.3) is 0 Å². The number of rotatable bonds is 5. The standard InChI is InChI=1S/C17H14ClFN2O2/c1-2-9-20-16(22)13-5-3-4-6-15(13)21-17(23)12-8-7-11(18)10-14(12)19/h2-8,10H,1,9H2,(H,20,22)(H,21,23). The van der Waals surface area contributed by atoms with Crippen molar-refractivity contribution in [3.63, 3.8) is 0 Å². The smallest absolute Gasteiger partial charge is 0.258 e. The van der Waals surface area contributed by atoms with Gasteiger partial charge in [0.1, 0.15) is 5.82 Å². The summed E-state index contributed by atoms with van der Waals surface area (Å²) in [5.41, 5.74) is 0.404. The normalized spacial score (nSPS) is 10.0. The summed E-state index contributed by atoms with van der Waals surface area (Å²) in [7, 11) is 0. The van der Waals surface area contributed by atoms with E-state index in [9.17, 15) is 14.0 Å². The molecule has 0 aliphatic heterocycles. The number of halogens is 2. The topological polar surface area (TPSA) is 58.2 Å². The lowest BCUT2D eigenvalue weighted by molar-refractivity contribution is 0.0959. The monoisotopic (exact) mass is 332 g/mol. The van der Waals surface area contributed by atoms with E-state index < -0.39 is 11.7 Å². The first kappa shape index (κ1) is 16.7. The van der Waals surface area contributed by atoms with Crippen molar-refractivity contribution in [1.29, 1.82) is 0 Å². The van der Waals surface area contributed by atoms with Crippen molar-refractivity contribution < 1.29 is 14.0 Å². The van der Waals surface area contributed by atoms with Crippen LogP contribution in [0.15, 0.2) is 55.1 Å². The summed E-state index contributed by atoms with van der Waals surface area (Å²) in [4.78, 5) is 24.2. The molecule has 23 heavy (non-hydrogen) atoms. The van der Waals surface area contributed by atoms with Crippen molar-refractivity contribution >= 4 is 29.1 Å². The van der Waals surface area contributed by atoms with Crippen LogP contribution in [0.4, 0.5) is 10.1 Å². The van der Waals surface area contributed by atoms with E-state index in [1.165, 1.54) is 12.1 Å². The fourth-order valence-electron chi connectivity index (χ4n) is 1.91. The minimum absolute atomic E-state index is 0.157. The molecule has 0 aliphatic carbocycles. The molecule has 2 aromatic rings. The average molecular weight is 333 g/mol. The molecule has 0 unspecified atom stereocenters. The number of nitrogens with one attached hydrogen (secondary N) is 2. The third kappa shape index (κ3) is 4.17. The Bertz CT molecular complexity index is 762. The molecule has 6 heteroatoms. The average Bonchev–Trinajstić information content (AvgIpc) is 2.53. The minimum atomic E-state index is -0.733. The number of anilines is 1. The van der Waals surface area contributed by atoms with Crippen LogP contribution in [0.3, 0.4) is 0 Å². The molecule has 0 aliphatic rings. The Kier molecular flexibility index (Phi) is 5.49. The Hall–Kier alpha value is -2.66. The Labute approximate surface area is 138 Å². The second-order valence-electron chi connectivity index (χ2n) is 4.62. The lowest BCUT2D eigenvalue weighted by Crippen LogP contribution is -2.25. The summed E-state index contributed by atoms with van der Waals surface area (Å²) in [6.45, 7) is 3.82. The Morgan fingerprint density at radius 2 is 1.87 bits per heavy atom. The summed E-state index contributed by atoms with van der Waals surface area (Å²) < 4.78 is 13.8. The molecule has 0 fully saturated rings. The quantitative estimate of drug-likeness (QED) is 0.821. The predicted octanol–water partition coefficient (Wildman–Crippen LogP) is 3.65. The molecule has 0 aromatic heterocycles. The number of hydrogen-bond donors (Lipinski definition) is 2. The molecule has 0 saturated carbocycles. The first-order chi connectivity index (χ1) is 11.0. The fraction of sp³-hybridized carbons (Fsp3) is 0.0588. The predicted molar refractivity (Wildman–Crippen MR) is 88.3 cm³/mol. The highest BCUT2D eigenvalue weighted by molar-refractivity contribution is 6.30. The number of carbonyl (C=O) groups is 2. The molecule has 2 N–H and O–H groups in total. The van der Waals surface area contributed by atoms with Crippen LogP contribution in [0.5, 0.6) is 0 Å². The zero-order valence-corrected chi connectivity index (χ0v) is 12.9. The van der Waals surface area contributed by atoms with Crippen LogP contribution in [-0.2, 0) is 0 Å². The van der Waals surface area contributed by atoms with Gasteiger partial charge >= 0.3 is 0 Å². The number of hydrogen-bond acceptors (Lipinski definition) is 2. The molecule has 0 bridgehead atoms. The molecule has 0 heterocycles. The van der Waals surface area contributed by atoms with E-state index >= 15 is 0 Å². The molecular weight excluding hydrogens is 319 g/mol. The van der Waals surface area contributed by atoms with Gasteiger partial charge in [0.2, 0.25) is 0 Å². The zero-order chi connectivity index (χ0) is 16.8. The van der Waals surface area contributed by atoms with E-state index in [0.717, 1.165) is 6.07 Å². The van der Waals surface area contributed by atoms with E-state index in [-0.39, 0.29) is 27.7 Å². The summed E-state index contributed by atoms with van der Waals surface area (Å²) in [6.07, 6.45) is 1.54. The maximum Gasteiger partial charge on any atom is 0.258 e. The van der Waals surface area contributed by atoms with Crippen molar-refractivity contribution in [1.82, 2.24) is 5.32 Å². The summed E-state index contributed by atoms with van der Waals surface area (Å²) in [6, 6.07) is 10.2. The number of para-hydroxylation sites is 1. The van der Waals surface area contributed by atoms with Crippen LogP contribution in [0.1, 0.15) is 20.7 Å². The van der Waals surface area contributed by atoms with Crippen molar-refractivity contribution in [3.05, 3.63) is 77.1 Å². The van der Waals surface area contributed by atoms with Crippen LogP contribution < -0.4 is 10.6 Å². The third-order valence-corrected chi connectivity index (χ3v) is 3.24. The second kappa shape index (κ2) is 7.56. The van der Waals surface area contributed by atoms with Gasteiger partial charge in [0.15, 0.2) is 0 Å². The van der Waals surface area contributed by atoms with Gasteiger partial charge in [0.25, 0.3) is 11.8 Å². The molecule has 0 spiro atoms. The Balaban J connectivity index is 2.24. The summed E-state index contributed by atoms with van der Waals surface area (Å²) in [5.74, 6) is -1.76. The molecule has 2 amide bonds. The lowest BCUT2D eigenvalue weighted by atomic mass is 10.1. The van der Waals surface area contributed by atoms with Crippen LogP contribution in [-0.4, -0.2) is 18.4 Å². The maximum atomic E-state index is 13.8. The van der Waals surface area contributed by atoms with Crippen molar-refractivity contribution in [3.8, 4) is 0 Å². The number of benzene rings is 2. The third-order valence-electron chi connectivity index (χ3n) is 3.00. The molecular formula is C17H14ClFN2O2. The highest BCUT2D eigenvalue weighted by atomic mass is 35.5. The molecule has 2 rings (SSSR count). The Morgan fingerprint density at radius 3 is 2.57 bits per heavy atom. The van der Waals surface area contributed by atoms with Crippen molar-refractivity contribution in [2.45, 2.75) is 0 Å². The van der Waals surface area contributed by atoms with Gasteiger partial charge in [-0.25, -0.2) is 4.39 Å². The van der Waals surface area contributed by atoms with Gasteiger partial charge in [-0.1, -0.05) is 29.8 Å².